The van der Waals surface area contributed by atoms with Crippen LogP contribution in [0.5, 0.6) is 0 Å². The van der Waals surface area contributed by atoms with Crippen LogP contribution >= 0.6 is 11.8 Å². The Morgan fingerprint density at radius 3 is 2.79 bits per heavy atom. The third-order valence-electron chi connectivity index (χ3n) is 3.64. The van der Waals surface area contributed by atoms with E-state index in [9.17, 15) is 4.79 Å². The molecule has 3 aromatic rings. The number of pyridine rings is 1. The molecule has 1 aliphatic heterocycles. The van der Waals surface area contributed by atoms with Crippen molar-refractivity contribution in [3.8, 4) is 0 Å². The number of nitrogens with one attached hydrogen (secondary N) is 2. The summed E-state index contributed by atoms with van der Waals surface area (Å²) in [7, 11) is 0. The van der Waals surface area contributed by atoms with E-state index >= 15 is 0 Å². The first-order valence-electron chi connectivity index (χ1n) is 7.41. The molecule has 120 valence electrons. The van der Waals surface area contributed by atoms with Crippen LogP contribution in [0.15, 0.2) is 63.8 Å². The summed E-state index contributed by atoms with van der Waals surface area (Å²) in [6.45, 7) is 0.659. The van der Waals surface area contributed by atoms with E-state index in [4.69, 9.17) is 0 Å². The highest BCUT2D eigenvalue weighted by molar-refractivity contribution is 8.14. The van der Waals surface area contributed by atoms with Crippen molar-refractivity contribution in [2.24, 2.45) is 10.2 Å². The molecule has 2 aromatic heterocycles. The van der Waals surface area contributed by atoms with Crippen molar-refractivity contribution in [2.45, 2.75) is 6.54 Å². The van der Waals surface area contributed by atoms with Crippen molar-refractivity contribution >= 4 is 33.8 Å². The van der Waals surface area contributed by atoms with Gasteiger partial charge in [-0.15, -0.1) is 10.2 Å². The third-order valence-corrected chi connectivity index (χ3v) is 4.54. The van der Waals surface area contributed by atoms with E-state index in [1.807, 2.05) is 36.4 Å². The maximum Gasteiger partial charge on any atom is 0.332 e. The second-order valence-corrected chi connectivity index (χ2v) is 6.17. The van der Waals surface area contributed by atoms with Gasteiger partial charge in [0, 0.05) is 18.9 Å². The van der Waals surface area contributed by atoms with Crippen LogP contribution < -0.4 is 11.0 Å². The molecule has 0 bridgehead atoms. The number of amidine groups is 1. The Morgan fingerprint density at radius 2 is 2.00 bits per heavy atom. The molecule has 0 saturated carbocycles. The summed E-state index contributed by atoms with van der Waals surface area (Å²) in [6, 6.07) is 11.4. The standard InChI is InChI=1S/C16H14N6OS/c23-16-19-12-3-1-2-4-13(12)22(16)14-10-24-15(21-20-14)18-9-11-5-7-17-8-6-11/h1-8H,9-10H2,(H,18,21)(H,19,23). The van der Waals surface area contributed by atoms with Gasteiger partial charge in [0.15, 0.2) is 11.0 Å². The predicted molar refractivity (Wildman–Crippen MR) is 96.4 cm³/mol. The lowest BCUT2D eigenvalue weighted by atomic mass is 10.3. The summed E-state index contributed by atoms with van der Waals surface area (Å²) >= 11 is 1.52. The lowest BCUT2D eigenvalue weighted by molar-refractivity contribution is 0.912. The molecule has 2 N–H and O–H groups in total. The topological polar surface area (TPSA) is 87.4 Å². The highest BCUT2D eigenvalue weighted by atomic mass is 32.2. The minimum absolute atomic E-state index is 0.195. The van der Waals surface area contributed by atoms with Crippen molar-refractivity contribution < 1.29 is 0 Å². The van der Waals surface area contributed by atoms with Gasteiger partial charge in [0.25, 0.3) is 0 Å². The summed E-state index contributed by atoms with van der Waals surface area (Å²) in [4.78, 5) is 19.0. The van der Waals surface area contributed by atoms with Gasteiger partial charge in [-0.2, -0.15) is 0 Å². The number of rotatable bonds is 2. The molecule has 0 atom stereocenters. The quantitative estimate of drug-likeness (QED) is 0.745. The molecule has 1 aliphatic rings. The fraction of sp³-hybridized carbons (Fsp3) is 0.125. The molecule has 7 nitrogen and oxygen atoms in total. The number of nitrogens with zero attached hydrogens (tertiary/aromatic N) is 4. The van der Waals surface area contributed by atoms with Crippen LogP contribution in [0.3, 0.4) is 0 Å². The Balaban J connectivity index is 1.56. The summed E-state index contributed by atoms with van der Waals surface area (Å²) in [5.41, 5.74) is 2.53. The van der Waals surface area contributed by atoms with Crippen molar-refractivity contribution in [1.82, 2.24) is 19.9 Å². The number of imidazole rings is 1. The highest BCUT2D eigenvalue weighted by Gasteiger charge is 2.16. The van der Waals surface area contributed by atoms with Gasteiger partial charge in [-0.1, -0.05) is 23.9 Å². The van der Waals surface area contributed by atoms with Gasteiger partial charge in [0.1, 0.15) is 0 Å². The van der Waals surface area contributed by atoms with Crippen molar-refractivity contribution in [3.05, 3.63) is 64.8 Å². The molecular formula is C16H14N6OS. The summed E-state index contributed by atoms with van der Waals surface area (Å²) in [5.74, 6) is 1.20. The number of fused-ring (bicyclic) bond motifs is 1. The molecule has 24 heavy (non-hydrogen) atoms. The molecule has 0 fully saturated rings. The van der Waals surface area contributed by atoms with E-state index in [1.54, 1.807) is 17.0 Å². The molecule has 0 amide bonds. The number of para-hydroxylation sites is 2. The maximum atomic E-state index is 12.2. The lowest BCUT2D eigenvalue weighted by Crippen LogP contribution is -2.30. The Kier molecular flexibility index (Phi) is 3.87. The van der Waals surface area contributed by atoms with Crippen LogP contribution in [0.25, 0.3) is 11.0 Å². The molecule has 4 rings (SSSR count). The number of hydrogen-bond donors (Lipinski definition) is 2. The van der Waals surface area contributed by atoms with Crippen LogP contribution in [0.1, 0.15) is 5.56 Å². The van der Waals surface area contributed by atoms with Crippen LogP contribution in [-0.4, -0.2) is 31.3 Å². The first-order chi connectivity index (χ1) is 11.8. The molecule has 0 unspecified atom stereocenters. The normalized spacial score (nSPS) is 14.3. The summed E-state index contributed by atoms with van der Waals surface area (Å²) in [6.07, 6.45) is 3.51. The fourth-order valence-electron chi connectivity index (χ4n) is 2.48. The zero-order valence-corrected chi connectivity index (χ0v) is 13.5. The van der Waals surface area contributed by atoms with Gasteiger partial charge in [-0.05, 0) is 29.8 Å². The van der Waals surface area contributed by atoms with Gasteiger partial charge in [-0.25, -0.2) is 9.36 Å². The van der Waals surface area contributed by atoms with E-state index in [1.165, 1.54) is 11.8 Å². The molecule has 0 saturated heterocycles. The zero-order chi connectivity index (χ0) is 16.4. The second kappa shape index (κ2) is 6.32. The smallest absolute Gasteiger partial charge is 0.332 e. The molecule has 0 radical (unpaired) electrons. The Bertz CT molecular complexity index is 988. The molecule has 0 spiro atoms. The van der Waals surface area contributed by atoms with Crippen molar-refractivity contribution in [2.75, 3.05) is 5.75 Å². The highest BCUT2D eigenvalue weighted by Crippen LogP contribution is 2.15. The van der Waals surface area contributed by atoms with Crippen molar-refractivity contribution in [1.29, 1.82) is 0 Å². The molecule has 3 heterocycles. The van der Waals surface area contributed by atoms with E-state index in [2.05, 4.69) is 25.5 Å². The monoisotopic (exact) mass is 338 g/mol. The first kappa shape index (κ1) is 14.7. The first-order valence-corrected chi connectivity index (χ1v) is 8.40. The molecule has 1 aromatic carbocycles. The van der Waals surface area contributed by atoms with Gasteiger partial charge < -0.3 is 10.3 Å². The number of thioether (sulfide) groups is 1. The molecule has 0 aliphatic carbocycles. The average molecular weight is 338 g/mol. The zero-order valence-electron chi connectivity index (χ0n) is 12.6. The van der Waals surface area contributed by atoms with Gasteiger partial charge >= 0.3 is 5.69 Å². The minimum Gasteiger partial charge on any atom is -0.359 e. The van der Waals surface area contributed by atoms with Crippen LogP contribution in [0.4, 0.5) is 0 Å². The van der Waals surface area contributed by atoms with Crippen LogP contribution in [0, 0.1) is 0 Å². The number of aromatic amines is 1. The van der Waals surface area contributed by atoms with Gasteiger partial charge in [-0.3, -0.25) is 4.98 Å². The van der Waals surface area contributed by atoms with Gasteiger partial charge in [0.05, 0.1) is 16.8 Å². The van der Waals surface area contributed by atoms with E-state index in [0.29, 0.717) is 18.1 Å². The van der Waals surface area contributed by atoms with E-state index in [-0.39, 0.29) is 5.69 Å². The second-order valence-electron chi connectivity index (χ2n) is 5.20. The Morgan fingerprint density at radius 1 is 1.17 bits per heavy atom. The predicted octanol–water partition coefficient (Wildman–Crippen LogP) is 1.78. The van der Waals surface area contributed by atoms with Crippen LogP contribution in [-0.2, 0) is 6.54 Å². The number of hydrogen-bond acceptors (Lipinski definition) is 6. The number of benzene rings is 1. The molecular weight excluding hydrogens is 324 g/mol. The van der Waals surface area contributed by atoms with E-state index in [0.717, 1.165) is 21.8 Å². The van der Waals surface area contributed by atoms with Crippen molar-refractivity contribution in [3.63, 3.8) is 0 Å². The summed E-state index contributed by atoms with van der Waals surface area (Å²) in [5, 5.41) is 12.4. The summed E-state index contributed by atoms with van der Waals surface area (Å²) < 4.78 is 1.57. The average Bonchev–Trinajstić information content (AvgIpc) is 2.97. The lowest BCUT2D eigenvalue weighted by Gasteiger charge is -2.13. The fourth-order valence-corrected chi connectivity index (χ4v) is 3.20. The number of aromatic nitrogens is 3. The molecule has 8 heteroatoms. The van der Waals surface area contributed by atoms with Crippen LogP contribution in [0.2, 0.25) is 0 Å². The number of H-pyrrole nitrogens is 1. The SMILES string of the molecule is O=c1[nH]c2ccccc2n1C1=NN=C(NCc2ccncc2)SC1. The maximum absolute atomic E-state index is 12.2. The Hall–Kier alpha value is -2.87. The van der Waals surface area contributed by atoms with Gasteiger partial charge in [0.2, 0.25) is 0 Å². The largest absolute Gasteiger partial charge is 0.359 e. The third kappa shape index (κ3) is 2.83. The van der Waals surface area contributed by atoms with E-state index < -0.39 is 0 Å². The Labute approximate surface area is 141 Å². The minimum atomic E-state index is -0.195.